The van der Waals surface area contributed by atoms with Crippen molar-refractivity contribution < 1.29 is 77.7 Å². The van der Waals surface area contributed by atoms with Gasteiger partial charge in [-0.25, -0.2) is 4.57 Å². The fourth-order valence-electron chi connectivity index (χ4n) is 6.47. The van der Waals surface area contributed by atoms with Crippen molar-refractivity contribution in [2.24, 2.45) is 5.73 Å². The Labute approximate surface area is 337 Å². The van der Waals surface area contributed by atoms with Crippen LogP contribution in [0.4, 0.5) is 0 Å². The number of rotatable bonds is 20. The van der Waals surface area contributed by atoms with E-state index in [9.17, 15) is 73.1 Å². The van der Waals surface area contributed by atoms with Crippen LogP contribution in [0.3, 0.4) is 0 Å². The molecule has 59 heavy (non-hydrogen) atoms. The zero-order valence-corrected chi connectivity index (χ0v) is 33.1. The molecule has 2 heterocycles. The van der Waals surface area contributed by atoms with Gasteiger partial charge >= 0.3 is 7.82 Å². The number of phenolic OH excluding ortho intramolecular Hbond substituents is 1. The first kappa shape index (κ1) is 48.1. The van der Waals surface area contributed by atoms with Crippen molar-refractivity contribution in [3.8, 4) is 5.75 Å². The molecule has 0 radical (unpaired) electrons. The SMILES string of the molecule is CC(=O)N1CCC[C@H]1C(=O)N[C@H](C(=O)NC(COP(=O)(O)O)C(=O)N1CCC[C@H]1C(=O)N[C@@H](CO)C(=O)N[C@@H](Cc1ccc(O)cc1)C(=O)N[C@@H](CO)C(N)=O)[C@@H](C)O. The van der Waals surface area contributed by atoms with Gasteiger partial charge in [0.1, 0.15) is 48.0 Å². The van der Waals surface area contributed by atoms with Crippen LogP contribution in [0.25, 0.3) is 0 Å². The molecule has 2 saturated heterocycles. The van der Waals surface area contributed by atoms with Gasteiger partial charge in [0.2, 0.25) is 47.3 Å². The molecule has 2 aliphatic heterocycles. The maximum atomic E-state index is 13.9. The third-order valence-corrected chi connectivity index (χ3v) is 10.0. The molecular weight excluding hydrogens is 807 g/mol. The number of aromatic hydroxyl groups is 1. The van der Waals surface area contributed by atoms with Crippen LogP contribution in [0.5, 0.6) is 5.75 Å². The van der Waals surface area contributed by atoms with Crippen LogP contribution < -0.4 is 32.3 Å². The summed E-state index contributed by atoms with van der Waals surface area (Å²) in [6, 6.07) is -5.29. The number of carbonyl (C=O) groups is 8. The summed E-state index contributed by atoms with van der Waals surface area (Å²) in [5, 5.41) is 51.0. The molecule has 328 valence electrons. The highest BCUT2D eigenvalue weighted by Crippen LogP contribution is 2.36. The molecule has 2 fully saturated rings. The number of phosphoric acid groups is 1. The lowest BCUT2D eigenvalue weighted by molar-refractivity contribution is -0.144. The summed E-state index contributed by atoms with van der Waals surface area (Å²) >= 11 is 0. The summed E-state index contributed by atoms with van der Waals surface area (Å²) in [5.74, 6) is -7.73. The first-order valence-electron chi connectivity index (χ1n) is 18.4. The van der Waals surface area contributed by atoms with Crippen molar-refractivity contribution in [2.75, 3.05) is 32.9 Å². The molecule has 1 aromatic rings. The number of nitrogens with zero attached hydrogens (tertiary/aromatic N) is 2. The summed E-state index contributed by atoms with van der Waals surface area (Å²) < 4.78 is 16.1. The van der Waals surface area contributed by atoms with Crippen LogP contribution in [0.2, 0.25) is 0 Å². The zero-order chi connectivity index (χ0) is 44.2. The summed E-state index contributed by atoms with van der Waals surface area (Å²) in [6.45, 7) is -0.495. The third-order valence-electron chi connectivity index (χ3n) is 9.55. The van der Waals surface area contributed by atoms with Gasteiger partial charge in [-0.2, -0.15) is 0 Å². The van der Waals surface area contributed by atoms with Gasteiger partial charge in [-0.05, 0) is 50.3 Å². The highest BCUT2D eigenvalue weighted by molar-refractivity contribution is 7.46. The van der Waals surface area contributed by atoms with E-state index in [0.29, 0.717) is 12.0 Å². The normalized spacial score (nSPS) is 19.6. The first-order chi connectivity index (χ1) is 27.7. The smallest absolute Gasteiger partial charge is 0.469 e. The Balaban J connectivity index is 1.78. The minimum atomic E-state index is -5.26. The van der Waals surface area contributed by atoms with E-state index < -0.39 is 123 Å². The Morgan fingerprint density at radius 1 is 0.780 bits per heavy atom. The van der Waals surface area contributed by atoms with Crippen LogP contribution in [0, 0.1) is 0 Å². The van der Waals surface area contributed by atoms with Crippen molar-refractivity contribution >= 4 is 55.1 Å². The molecule has 0 spiro atoms. The van der Waals surface area contributed by atoms with E-state index in [1.54, 1.807) is 0 Å². The molecule has 0 bridgehead atoms. The molecule has 8 amide bonds. The van der Waals surface area contributed by atoms with Crippen molar-refractivity contribution in [1.82, 2.24) is 36.4 Å². The second-order valence-corrected chi connectivity index (χ2v) is 15.2. The highest BCUT2D eigenvalue weighted by atomic mass is 31.2. The zero-order valence-electron chi connectivity index (χ0n) is 32.2. The van der Waals surface area contributed by atoms with Crippen LogP contribution >= 0.6 is 7.82 Å². The van der Waals surface area contributed by atoms with Gasteiger partial charge in [-0.3, -0.25) is 42.9 Å². The largest absolute Gasteiger partial charge is 0.508 e. The maximum absolute atomic E-state index is 13.9. The van der Waals surface area contributed by atoms with Crippen LogP contribution in [0.15, 0.2) is 24.3 Å². The van der Waals surface area contributed by atoms with E-state index in [2.05, 4.69) is 31.1 Å². The van der Waals surface area contributed by atoms with Gasteiger partial charge in [0.25, 0.3) is 0 Å². The number of benzene rings is 1. The number of hydrogen-bond donors (Lipinski definition) is 12. The molecule has 13 N–H and O–H groups in total. The number of amides is 8. The molecule has 1 aromatic carbocycles. The second-order valence-electron chi connectivity index (χ2n) is 14.0. The maximum Gasteiger partial charge on any atom is 0.469 e. The molecule has 2 aliphatic rings. The number of nitrogens with one attached hydrogen (secondary N) is 5. The van der Waals surface area contributed by atoms with E-state index in [-0.39, 0.29) is 44.5 Å². The molecule has 0 aliphatic carbocycles. The molecule has 24 nitrogen and oxygen atoms in total. The summed E-state index contributed by atoms with van der Waals surface area (Å²) in [4.78, 5) is 125. The number of primary amides is 1. The van der Waals surface area contributed by atoms with Crippen LogP contribution in [-0.4, -0.2) is 169 Å². The monoisotopic (exact) mass is 858 g/mol. The fraction of sp³-hybridized carbons (Fsp3) is 0.588. The van der Waals surface area contributed by atoms with E-state index >= 15 is 0 Å². The molecule has 8 atom stereocenters. The number of likely N-dealkylation sites (tertiary alicyclic amines) is 2. The van der Waals surface area contributed by atoms with E-state index in [1.807, 2.05) is 0 Å². The molecule has 25 heteroatoms. The summed E-state index contributed by atoms with van der Waals surface area (Å²) in [5.41, 5.74) is 5.61. The van der Waals surface area contributed by atoms with Crippen molar-refractivity contribution in [2.45, 2.75) is 94.3 Å². The quantitative estimate of drug-likeness (QED) is 0.0544. The average Bonchev–Trinajstić information content (AvgIpc) is 3.87. The number of nitrogens with two attached hydrogens (primary N) is 1. The van der Waals surface area contributed by atoms with Crippen LogP contribution in [0.1, 0.15) is 45.1 Å². The van der Waals surface area contributed by atoms with Gasteiger partial charge in [0.05, 0.1) is 25.9 Å². The average molecular weight is 859 g/mol. The molecule has 3 rings (SSSR count). The molecular formula is C34H51N8O16P. The Morgan fingerprint density at radius 3 is 1.81 bits per heavy atom. The van der Waals surface area contributed by atoms with Gasteiger partial charge < -0.3 is 72.3 Å². The number of phenols is 1. The molecule has 0 aromatic heterocycles. The van der Waals surface area contributed by atoms with Gasteiger partial charge in [-0.1, -0.05) is 12.1 Å². The topological polar surface area (TPSA) is 377 Å². The van der Waals surface area contributed by atoms with Gasteiger partial charge in [0, 0.05) is 26.4 Å². The van der Waals surface area contributed by atoms with Crippen molar-refractivity contribution in [3.63, 3.8) is 0 Å². The minimum Gasteiger partial charge on any atom is -0.508 e. The number of hydrogen-bond acceptors (Lipinski definition) is 14. The predicted molar refractivity (Wildman–Crippen MR) is 200 cm³/mol. The lowest BCUT2D eigenvalue weighted by Crippen LogP contribution is -2.62. The Morgan fingerprint density at radius 2 is 1.29 bits per heavy atom. The van der Waals surface area contributed by atoms with E-state index in [0.717, 1.165) is 11.8 Å². The molecule has 0 saturated carbocycles. The van der Waals surface area contributed by atoms with Gasteiger partial charge in [-0.15, -0.1) is 0 Å². The lowest BCUT2D eigenvalue weighted by Gasteiger charge is -2.31. The number of aliphatic hydroxyl groups is 3. The number of carbonyl (C=O) groups excluding carboxylic acids is 8. The summed E-state index contributed by atoms with van der Waals surface area (Å²) in [7, 11) is -5.26. The Bertz CT molecular complexity index is 1760. The first-order valence-corrected chi connectivity index (χ1v) is 20.0. The number of aliphatic hydroxyl groups excluding tert-OH is 3. The third kappa shape index (κ3) is 13.9. The van der Waals surface area contributed by atoms with E-state index in [4.69, 9.17) is 5.73 Å². The van der Waals surface area contributed by atoms with Crippen molar-refractivity contribution in [1.29, 1.82) is 0 Å². The lowest BCUT2D eigenvalue weighted by atomic mass is 10.0. The predicted octanol–water partition coefficient (Wildman–Crippen LogP) is -5.68. The van der Waals surface area contributed by atoms with Crippen molar-refractivity contribution in [3.05, 3.63) is 29.8 Å². The Kier molecular flexibility index (Phi) is 17.7. The van der Waals surface area contributed by atoms with E-state index in [1.165, 1.54) is 36.1 Å². The highest BCUT2D eigenvalue weighted by Gasteiger charge is 2.42. The fourth-order valence-corrected chi connectivity index (χ4v) is 6.82. The molecule has 1 unspecified atom stereocenters. The standard InChI is InChI=1S/C34H51N8O16P/c1-17(45)27(40-32(52)25-5-3-11-41(25)18(2)46)33(53)39-24(16-58-59(55,56)57)34(54)42-12-4-6-26(42)31(51)38-23(15-44)30(50)36-21(13-19-7-9-20(47)10-8-19)29(49)37-22(14-43)28(35)48/h7-10,17,21-27,43-45,47H,3-6,11-16H2,1-2H3,(H2,35,48)(H,36,50)(H,37,49)(H,38,51)(H,39,53)(H,40,52)(H2,55,56,57)/t17-,21+,22+,23+,24?,25+,26+,27+/m1/s1. The Hall–Kier alpha value is -5.23. The minimum absolute atomic E-state index is 0.0285. The summed E-state index contributed by atoms with van der Waals surface area (Å²) in [6.07, 6.45) is -0.905. The van der Waals surface area contributed by atoms with Crippen LogP contribution in [-0.2, 0) is 53.9 Å². The number of phosphoric ester groups is 1. The second kappa shape index (κ2) is 21.7. The van der Waals surface area contributed by atoms with Gasteiger partial charge in [0.15, 0.2) is 0 Å².